The minimum Gasteiger partial charge on any atom is -0.489 e. The van der Waals surface area contributed by atoms with Gasteiger partial charge in [-0.3, -0.25) is 0 Å². The lowest BCUT2D eigenvalue weighted by Gasteiger charge is -2.49. The van der Waals surface area contributed by atoms with Crippen LogP contribution in [0.3, 0.4) is 0 Å². The second-order valence-corrected chi connectivity index (χ2v) is 27.4. The van der Waals surface area contributed by atoms with E-state index in [0.29, 0.717) is 37.1 Å². The third kappa shape index (κ3) is 9.96. The maximum absolute atomic E-state index is 7.58. The Morgan fingerprint density at radius 3 is 1.45 bits per heavy atom. The van der Waals surface area contributed by atoms with Gasteiger partial charge in [-0.05, 0) is 70.7 Å². The van der Waals surface area contributed by atoms with E-state index < -0.39 is 34.9 Å². The number of hydrogen-bond acceptors (Lipinski definition) is 6. The maximum Gasteiger partial charge on any atom is 0.193 e. The van der Waals surface area contributed by atoms with E-state index in [1.54, 1.807) is 0 Å². The molecule has 1 heterocycles. The number of ether oxygens (including phenoxy) is 4. The van der Waals surface area contributed by atoms with Crippen molar-refractivity contribution in [1.82, 2.24) is 0 Å². The topological polar surface area (TPSA) is 55.4 Å². The molecule has 0 N–H and O–H groups in total. The van der Waals surface area contributed by atoms with Crippen molar-refractivity contribution in [3.05, 3.63) is 155 Å². The Morgan fingerprint density at radius 2 is 0.964 bits per heavy atom. The van der Waals surface area contributed by atoms with Crippen LogP contribution in [-0.2, 0) is 28.7 Å². The monoisotopic (exact) mass is 788 g/mol. The quantitative estimate of drug-likeness (QED) is 0.104. The summed E-state index contributed by atoms with van der Waals surface area (Å²) in [6, 6.07) is 42.9. The highest BCUT2D eigenvalue weighted by molar-refractivity contribution is 6.74. The Balaban J connectivity index is 1.47. The summed E-state index contributed by atoms with van der Waals surface area (Å²) in [5, 5.41) is -0.125. The molecule has 296 valence electrons. The fraction of sp³-hybridized carbons (Fsp3) is 0.375. The molecule has 0 unspecified atom stereocenters. The van der Waals surface area contributed by atoms with Gasteiger partial charge in [0.1, 0.15) is 55.0 Å². The Bertz CT molecular complexity index is 2000. The molecule has 0 radical (unpaired) electrons. The number of fused-ring (bicyclic) bond motifs is 1. The first-order chi connectivity index (χ1) is 26.5. The van der Waals surface area contributed by atoms with E-state index in [1.165, 1.54) is 0 Å². The van der Waals surface area contributed by atoms with Crippen LogP contribution in [0.1, 0.15) is 81.6 Å². The van der Waals surface area contributed by atoms with Gasteiger partial charge in [-0.2, -0.15) is 0 Å². The fourth-order valence-electron chi connectivity index (χ4n) is 6.17. The summed E-state index contributed by atoms with van der Waals surface area (Å²) in [6.07, 6.45) is -1.44. The average Bonchev–Trinajstić information content (AvgIpc) is 3.16. The lowest BCUT2D eigenvalue weighted by molar-refractivity contribution is -0.0576. The van der Waals surface area contributed by atoms with Gasteiger partial charge in [0.2, 0.25) is 0 Å². The van der Waals surface area contributed by atoms with Crippen LogP contribution in [0.25, 0.3) is 0 Å². The first-order valence-corrected chi connectivity index (χ1v) is 25.6. The van der Waals surface area contributed by atoms with E-state index in [-0.39, 0.29) is 10.1 Å². The van der Waals surface area contributed by atoms with Crippen LogP contribution in [0.5, 0.6) is 23.0 Å². The zero-order valence-corrected chi connectivity index (χ0v) is 36.9. The van der Waals surface area contributed by atoms with Crippen LogP contribution in [0.15, 0.2) is 127 Å². The molecule has 0 aliphatic carbocycles. The van der Waals surface area contributed by atoms with Crippen molar-refractivity contribution >= 4 is 16.6 Å². The lowest BCUT2D eigenvalue weighted by Crippen LogP contribution is -2.52. The molecule has 6 rings (SSSR count). The van der Waals surface area contributed by atoms with Crippen LogP contribution in [0.4, 0.5) is 0 Å². The summed E-state index contributed by atoms with van der Waals surface area (Å²) in [5.74, 6) is 2.80. The maximum atomic E-state index is 7.58. The Hall–Kier alpha value is -4.35. The second kappa shape index (κ2) is 17.0. The van der Waals surface area contributed by atoms with E-state index in [1.807, 2.05) is 78.9 Å². The smallest absolute Gasteiger partial charge is 0.193 e. The van der Waals surface area contributed by atoms with Gasteiger partial charge >= 0.3 is 0 Å². The standard InChI is InChI=1S/C48H60O6Si2/c1-47(2,3)55(7,8)53-45-43-41(51-34-37-24-18-13-19-25-37)30-40(50-33-36-22-16-12-17-23-36)31-42(43)52-44(46(45)54-56(9,10)48(4,5)6)38-26-28-39(29-27-38)49-32-35-20-14-11-15-21-35/h11-31,44-46H,32-34H2,1-10H3/t44-,45+,46-/m1/s1. The van der Waals surface area contributed by atoms with Gasteiger partial charge in [0.25, 0.3) is 0 Å². The van der Waals surface area contributed by atoms with Crippen LogP contribution in [0.2, 0.25) is 36.3 Å². The zero-order chi connectivity index (χ0) is 40.1. The van der Waals surface area contributed by atoms with Crippen LogP contribution in [0, 0.1) is 0 Å². The lowest BCUT2D eigenvalue weighted by atomic mass is 9.91. The average molecular weight is 789 g/mol. The van der Waals surface area contributed by atoms with Gasteiger partial charge in [0, 0.05) is 12.1 Å². The molecule has 1 aliphatic rings. The summed E-state index contributed by atoms with van der Waals surface area (Å²) >= 11 is 0. The molecule has 0 spiro atoms. The summed E-state index contributed by atoms with van der Waals surface area (Å²) in [7, 11) is -4.81. The van der Waals surface area contributed by atoms with E-state index in [9.17, 15) is 0 Å². The Morgan fingerprint density at radius 1 is 0.518 bits per heavy atom. The molecule has 5 aromatic carbocycles. The molecule has 0 saturated heterocycles. The number of benzene rings is 5. The van der Waals surface area contributed by atoms with E-state index in [2.05, 4.69) is 116 Å². The summed E-state index contributed by atoms with van der Waals surface area (Å²) < 4.78 is 41.8. The molecule has 5 aromatic rings. The van der Waals surface area contributed by atoms with Gasteiger partial charge in [-0.25, -0.2) is 0 Å². The molecule has 3 atom stereocenters. The molecule has 0 amide bonds. The van der Waals surface area contributed by atoms with Crippen molar-refractivity contribution in [1.29, 1.82) is 0 Å². The predicted octanol–water partition coefficient (Wildman–Crippen LogP) is 13.0. The van der Waals surface area contributed by atoms with Crippen molar-refractivity contribution in [2.75, 3.05) is 0 Å². The van der Waals surface area contributed by atoms with Crippen molar-refractivity contribution in [3.63, 3.8) is 0 Å². The van der Waals surface area contributed by atoms with Gasteiger partial charge in [-0.1, -0.05) is 145 Å². The third-order valence-electron chi connectivity index (χ3n) is 11.6. The largest absolute Gasteiger partial charge is 0.489 e. The first kappa shape index (κ1) is 41.3. The number of rotatable bonds is 14. The van der Waals surface area contributed by atoms with E-state index >= 15 is 0 Å². The minimum absolute atomic E-state index is 0.0593. The zero-order valence-electron chi connectivity index (χ0n) is 34.9. The van der Waals surface area contributed by atoms with Gasteiger partial charge in [0.05, 0.1) is 5.56 Å². The number of hydrogen-bond donors (Lipinski definition) is 0. The molecule has 56 heavy (non-hydrogen) atoms. The molecule has 6 nitrogen and oxygen atoms in total. The highest BCUT2D eigenvalue weighted by Gasteiger charge is 2.51. The van der Waals surface area contributed by atoms with Crippen molar-refractivity contribution in [2.24, 2.45) is 0 Å². The normalized spacial score (nSPS) is 17.4. The van der Waals surface area contributed by atoms with Gasteiger partial charge in [-0.15, -0.1) is 0 Å². The predicted molar refractivity (Wildman–Crippen MR) is 232 cm³/mol. The van der Waals surface area contributed by atoms with Crippen LogP contribution >= 0.6 is 0 Å². The van der Waals surface area contributed by atoms with E-state index in [4.69, 9.17) is 27.8 Å². The summed E-state index contributed by atoms with van der Waals surface area (Å²) in [5.41, 5.74) is 5.11. The van der Waals surface area contributed by atoms with Crippen LogP contribution in [-0.4, -0.2) is 22.7 Å². The highest BCUT2D eigenvalue weighted by Crippen LogP contribution is 2.54. The van der Waals surface area contributed by atoms with Gasteiger partial charge in [0.15, 0.2) is 22.7 Å². The SMILES string of the molecule is CC(C)(C)[Si](C)(C)O[C@@H]1[C@@H](c2ccc(OCc3ccccc3)cc2)Oc2cc(OCc3ccccc3)cc(OCc3ccccc3)c2[C@@H]1O[Si](C)(C)C(C)(C)C. The molecular formula is C48H60O6Si2. The molecule has 0 bridgehead atoms. The summed E-state index contributed by atoms with van der Waals surface area (Å²) in [6.45, 7) is 24.2. The third-order valence-corrected chi connectivity index (χ3v) is 20.5. The Labute approximate surface area is 337 Å². The Kier molecular flexibility index (Phi) is 12.6. The van der Waals surface area contributed by atoms with Crippen molar-refractivity contribution < 1.29 is 27.8 Å². The van der Waals surface area contributed by atoms with Crippen molar-refractivity contribution in [2.45, 2.75) is 116 Å². The molecule has 0 fully saturated rings. The molecule has 1 aliphatic heterocycles. The first-order valence-electron chi connectivity index (χ1n) is 19.8. The molecular weight excluding hydrogens is 729 g/mol. The second-order valence-electron chi connectivity index (χ2n) is 17.9. The van der Waals surface area contributed by atoms with Crippen LogP contribution < -0.4 is 18.9 Å². The van der Waals surface area contributed by atoms with E-state index in [0.717, 1.165) is 33.6 Å². The molecule has 0 aromatic heterocycles. The fourth-order valence-corrected chi connectivity index (χ4v) is 8.70. The molecule has 0 saturated carbocycles. The summed E-state index contributed by atoms with van der Waals surface area (Å²) in [4.78, 5) is 0. The van der Waals surface area contributed by atoms with Gasteiger partial charge < -0.3 is 27.8 Å². The minimum atomic E-state index is -2.42. The van der Waals surface area contributed by atoms with Crippen molar-refractivity contribution in [3.8, 4) is 23.0 Å². The highest BCUT2D eigenvalue weighted by atomic mass is 28.4. The molecule has 8 heteroatoms.